The highest BCUT2D eigenvalue weighted by atomic mass is 16.1. The summed E-state index contributed by atoms with van der Waals surface area (Å²) in [5, 5.41) is 0. The van der Waals surface area contributed by atoms with Gasteiger partial charge in [-0.25, -0.2) is 0 Å². The van der Waals surface area contributed by atoms with Crippen LogP contribution in [-0.2, 0) is 4.79 Å². The molecule has 0 radical (unpaired) electrons. The lowest BCUT2D eigenvalue weighted by atomic mass is 9.77. The van der Waals surface area contributed by atoms with E-state index in [2.05, 4.69) is 19.9 Å². The molecule has 0 amide bonds. The van der Waals surface area contributed by atoms with E-state index in [-0.39, 0.29) is 0 Å². The van der Waals surface area contributed by atoms with E-state index in [0.29, 0.717) is 11.7 Å². The molecule has 2 aliphatic rings. The van der Waals surface area contributed by atoms with Crippen LogP contribution in [0.25, 0.3) is 0 Å². The first-order valence-corrected chi connectivity index (χ1v) is 6.85. The summed E-state index contributed by atoms with van der Waals surface area (Å²) < 4.78 is 0. The molecule has 0 heterocycles. The fourth-order valence-corrected chi connectivity index (χ4v) is 3.28. The first-order valence-electron chi connectivity index (χ1n) is 6.85. The van der Waals surface area contributed by atoms with Crippen molar-refractivity contribution in [2.24, 2.45) is 17.8 Å². The van der Waals surface area contributed by atoms with Gasteiger partial charge in [0.25, 0.3) is 0 Å². The Bertz CT molecular complexity index is 290. The molecular formula is C15H24O. The molecular weight excluding hydrogens is 196 g/mol. The number of ketones is 1. The SMILES string of the molecule is CC1=CCC(C(C)C[C@H]2CCCC2=O)CC1. The molecule has 0 bridgehead atoms. The van der Waals surface area contributed by atoms with Gasteiger partial charge in [-0.15, -0.1) is 0 Å². The molecule has 2 rings (SSSR count). The predicted octanol–water partition coefficient (Wildman–Crippen LogP) is 4.13. The lowest BCUT2D eigenvalue weighted by molar-refractivity contribution is -0.121. The Morgan fingerprint density at radius 1 is 1.38 bits per heavy atom. The summed E-state index contributed by atoms with van der Waals surface area (Å²) in [5.74, 6) is 2.50. The van der Waals surface area contributed by atoms with Gasteiger partial charge in [-0.3, -0.25) is 4.79 Å². The normalized spacial score (nSPS) is 32.6. The van der Waals surface area contributed by atoms with Crippen LogP contribution < -0.4 is 0 Å². The monoisotopic (exact) mass is 220 g/mol. The minimum Gasteiger partial charge on any atom is -0.299 e. The molecule has 0 spiro atoms. The molecule has 0 aromatic rings. The van der Waals surface area contributed by atoms with Crippen LogP contribution in [0.1, 0.15) is 58.8 Å². The standard InChI is InChI=1S/C15H24O/c1-11-6-8-13(9-7-11)12(2)10-14-4-3-5-15(14)16/h6,12-14H,3-5,7-10H2,1-2H3/t12?,13?,14-/m1/s1. The molecule has 0 aromatic carbocycles. The van der Waals surface area contributed by atoms with Crippen molar-refractivity contribution in [1.82, 2.24) is 0 Å². The summed E-state index contributed by atoms with van der Waals surface area (Å²) >= 11 is 0. The van der Waals surface area contributed by atoms with E-state index >= 15 is 0 Å². The zero-order valence-corrected chi connectivity index (χ0v) is 10.7. The molecule has 2 unspecified atom stereocenters. The first kappa shape index (κ1) is 11.9. The molecule has 0 aromatic heterocycles. The maximum atomic E-state index is 11.6. The second-order valence-electron chi connectivity index (χ2n) is 5.85. The lowest BCUT2D eigenvalue weighted by Crippen LogP contribution is -2.19. The van der Waals surface area contributed by atoms with E-state index in [4.69, 9.17) is 0 Å². The Morgan fingerprint density at radius 2 is 2.19 bits per heavy atom. The molecule has 90 valence electrons. The van der Waals surface area contributed by atoms with Gasteiger partial charge in [0.15, 0.2) is 0 Å². The molecule has 3 atom stereocenters. The van der Waals surface area contributed by atoms with E-state index in [1.165, 1.54) is 19.3 Å². The molecule has 1 fully saturated rings. The van der Waals surface area contributed by atoms with Crippen molar-refractivity contribution < 1.29 is 4.79 Å². The van der Waals surface area contributed by atoms with Crippen molar-refractivity contribution in [3.63, 3.8) is 0 Å². The van der Waals surface area contributed by atoms with Gasteiger partial charge in [0.1, 0.15) is 5.78 Å². The van der Waals surface area contributed by atoms with Gasteiger partial charge in [0.2, 0.25) is 0 Å². The van der Waals surface area contributed by atoms with E-state index in [1.807, 2.05) is 0 Å². The molecule has 2 aliphatic carbocycles. The number of carbonyl (C=O) groups is 1. The Morgan fingerprint density at radius 3 is 2.75 bits per heavy atom. The Hall–Kier alpha value is -0.590. The minimum absolute atomic E-state index is 0.405. The molecule has 0 saturated heterocycles. The van der Waals surface area contributed by atoms with Crippen molar-refractivity contribution in [1.29, 1.82) is 0 Å². The van der Waals surface area contributed by atoms with Crippen LogP contribution in [0.5, 0.6) is 0 Å². The van der Waals surface area contributed by atoms with Crippen molar-refractivity contribution in [3.8, 4) is 0 Å². The first-order chi connectivity index (χ1) is 7.66. The van der Waals surface area contributed by atoms with Crippen LogP contribution in [0.3, 0.4) is 0 Å². The maximum Gasteiger partial charge on any atom is 0.135 e. The highest BCUT2D eigenvalue weighted by Gasteiger charge is 2.28. The number of carbonyl (C=O) groups excluding carboxylic acids is 1. The van der Waals surface area contributed by atoms with Crippen LogP contribution in [0, 0.1) is 17.8 Å². The van der Waals surface area contributed by atoms with Gasteiger partial charge in [-0.2, -0.15) is 0 Å². The van der Waals surface area contributed by atoms with Gasteiger partial charge in [-0.05, 0) is 57.3 Å². The summed E-state index contributed by atoms with van der Waals surface area (Å²) in [6.45, 7) is 4.59. The van der Waals surface area contributed by atoms with Gasteiger partial charge in [-0.1, -0.05) is 18.6 Å². The average Bonchev–Trinajstić information content (AvgIpc) is 2.65. The minimum atomic E-state index is 0.405. The van der Waals surface area contributed by atoms with Crippen molar-refractivity contribution in [2.45, 2.75) is 58.8 Å². The molecule has 1 nitrogen and oxygen atoms in total. The highest BCUT2D eigenvalue weighted by molar-refractivity contribution is 5.82. The van der Waals surface area contributed by atoms with E-state index in [9.17, 15) is 4.79 Å². The van der Waals surface area contributed by atoms with Gasteiger partial charge in [0, 0.05) is 12.3 Å². The summed E-state index contributed by atoms with van der Waals surface area (Å²) in [4.78, 5) is 11.6. The Labute approximate surface area is 99.3 Å². The predicted molar refractivity (Wildman–Crippen MR) is 67.2 cm³/mol. The molecule has 1 heteroatoms. The van der Waals surface area contributed by atoms with Crippen LogP contribution in [0.2, 0.25) is 0 Å². The second-order valence-corrected chi connectivity index (χ2v) is 5.85. The summed E-state index contributed by atoms with van der Waals surface area (Å²) in [6.07, 6.45) is 10.6. The molecule has 0 N–H and O–H groups in total. The fourth-order valence-electron chi connectivity index (χ4n) is 3.28. The van der Waals surface area contributed by atoms with Gasteiger partial charge >= 0.3 is 0 Å². The third-order valence-corrected chi connectivity index (χ3v) is 4.57. The summed E-state index contributed by atoms with van der Waals surface area (Å²) in [5.41, 5.74) is 1.56. The van der Waals surface area contributed by atoms with E-state index in [1.54, 1.807) is 5.57 Å². The second kappa shape index (κ2) is 5.16. The topological polar surface area (TPSA) is 17.1 Å². The molecule has 1 saturated carbocycles. The third kappa shape index (κ3) is 2.75. The van der Waals surface area contributed by atoms with Crippen molar-refractivity contribution in [3.05, 3.63) is 11.6 Å². The quantitative estimate of drug-likeness (QED) is 0.654. The van der Waals surface area contributed by atoms with Gasteiger partial charge < -0.3 is 0 Å². The average molecular weight is 220 g/mol. The van der Waals surface area contributed by atoms with Crippen molar-refractivity contribution >= 4 is 5.78 Å². The lowest BCUT2D eigenvalue weighted by Gasteiger charge is -2.28. The van der Waals surface area contributed by atoms with Gasteiger partial charge in [0.05, 0.1) is 0 Å². The van der Waals surface area contributed by atoms with Crippen LogP contribution >= 0.6 is 0 Å². The van der Waals surface area contributed by atoms with E-state index in [0.717, 1.165) is 37.5 Å². The van der Waals surface area contributed by atoms with E-state index < -0.39 is 0 Å². The largest absolute Gasteiger partial charge is 0.299 e. The number of allylic oxidation sites excluding steroid dienone is 2. The van der Waals surface area contributed by atoms with Crippen LogP contribution in [0.4, 0.5) is 0 Å². The zero-order chi connectivity index (χ0) is 11.5. The highest BCUT2D eigenvalue weighted by Crippen LogP contribution is 2.35. The molecule has 0 aliphatic heterocycles. The number of rotatable bonds is 3. The fraction of sp³-hybridized carbons (Fsp3) is 0.800. The maximum absolute atomic E-state index is 11.6. The Kier molecular flexibility index (Phi) is 3.83. The van der Waals surface area contributed by atoms with Crippen molar-refractivity contribution in [2.75, 3.05) is 0 Å². The van der Waals surface area contributed by atoms with Crippen LogP contribution in [-0.4, -0.2) is 5.78 Å². The zero-order valence-electron chi connectivity index (χ0n) is 10.7. The Balaban J connectivity index is 1.83. The third-order valence-electron chi connectivity index (χ3n) is 4.57. The summed E-state index contributed by atoms with van der Waals surface area (Å²) in [6, 6.07) is 0. The number of hydrogen-bond acceptors (Lipinski definition) is 1. The van der Waals surface area contributed by atoms with Crippen LogP contribution in [0.15, 0.2) is 11.6 Å². The summed E-state index contributed by atoms with van der Waals surface area (Å²) in [7, 11) is 0. The number of Topliss-reactive ketones (excluding diaryl/α,β-unsaturated/α-hetero) is 1. The molecule has 16 heavy (non-hydrogen) atoms. The number of hydrogen-bond donors (Lipinski definition) is 0. The smallest absolute Gasteiger partial charge is 0.135 e.